The van der Waals surface area contributed by atoms with Gasteiger partial charge >= 0.3 is 5.97 Å². The molecule has 13 heteroatoms. The van der Waals surface area contributed by atoms with Gasteiger partial charge in [-0.3, -0.25) is 4.79 Å². The number of amides is 1. The van der Waals surface area contributed by atoms with Crippen LogP contribution in [0, 0.1) is 11.8 Å². The number of carboxylic acids is 1. The maximum atomic E-state index is 12.9. The van der Waals surface area contributed by atoms with Crippen molar-refractivity contribution in [3.63, 3.8) is 0 Å². The van der Waals surface area contributed by atoms with Crippen LogP contribution in [0.5, 0.6) is 0 Å². The van der Waals surface area contributed by atoms with Crippen LogP contribution >= 0.6 is 24.8 Å². The minimum Gasteiger partial charge on any atom is -0.478 e. The molecule has 8 rings (SSSR count). The van der Waals surface area contributed by atoms with Crippen LogP contribution in [-0.2, 0) is 0 Å². The first-order valence-electron chi connectivity index (χ1n) is 21.9. The summed E-state index contributed by atoms with van der Waals surface area (Å²) in [6.45, 7) is 7.52. The van der Waals surface area contributed by atoms with E-state index in [0.717, 1.165) is 35.8 Å². The number of halogens is 2. The number of likely N-dealkylation sites (tertiary alicyclic amines) is 2. The number of carbonyl (C=O) groups is 2. The van der Waals surface area contributed by atoms with Gasteiger partial charge in [0.25, 0.3) is 5.91 Å². The maximum absolute atomic E-state index is 12.9. The van der Waals surface area contributed by atoms with E-state index >= 15 is 0 Å². The predicted octanol–water partition coefficient (Wildman–Crippen LogP) is 8.83. The van der Waals surface area contributed by atoms with E-state index in [4.69, 9.17) is 10.8 Å². The van der Waals surface area contributed by atoms with Gasteiger partial charge < -0.3 is 26.0 Å². The zero-order valence-corrected chi connectivity index (χ0v) is 36.4. The minimum atomic E-state index is -0.919. The predicted molar refractivity (Wildman–Crippen MR) is 242 cm³/mol. The van der Waals surface area contributed by atoms with Gasteiger partial charge in [-0.15, -0.1) is 24.8 Å². The number of nitrogens with zero attached hydrogens (tertiary/aromatic N) is 6. The molecule has 4 aliphatic rings. The van der Waals surface area contributed by atoms with Crippen LogP contribution in [0.15, 0.2) is 85.5 Å². The fourth-order valence-electron chi connectivity index (χ4n) is 9.00. The van der Waals surface area contributed by atoms with Crippen molar-refractivity contribution in [3.05, 3.63) is 96.6 Å². The summed E-state index contributed by atoms with van der Waals surface area (Å²) in [4.78, 5) is 28.7. The van der Waals surface area contributed by atoms with E-state index in [9.17, 15) is 9.59 Å². The van der Waals surface area contributed by atoms with Gasteiger partial charge in [0.1, 0.15) is 0 Å². The first kappa shape index (κ1) is 47.9. The highest BCUT2D eigenvalue weighted by atomic mass is 35.5. The van der Waals surface area contributed by atoms with Crippen molar-refractivity contribution in [2.45, 2.75) is 115 Å². The summed E-state index contributed by atoms with van der Waals surface area (Å²) in [6.07, 6.45) is 28.5. The Morgan fingerprint density at radius 1 is 0.593 bits per heavy atom. The fourth-order valence-corrected chi connectivity index (χ4v) is 9.00. The summed E-state index contributed by atoms with van der Waals surface area (Å²) in [5.74, 6) is 0.507. The first-order valence-corrected chi connectivity index (χ1v) is 21.9. The number of aromatic carboxylic acids is 1. The largest absolute Gasteiger partial charge is 0.478 e. The standard InChI is InChI=1S/C23H32N4O.C13H26N2.C10H8N2O2.2ClH/c28-23(19-10-12-21(13-11-19)27-17-7-14-24-27)25-22-9-4-3-8-20(22)18-26-15-5-1-2-6-16-26;14-13-8-4-3-7-12(13)11-15-9-5-1-2-6-10-15;13-10(14)8-2-4-9(5-3-8)12-7-1-6-11-12;;/h7,10-14,17,20,22H,1-6,8-9,15-16,18H2,(H,25,28);12-13H,1-11,14H2;1-7H,(H,13,14);2*1H/t20-,22+;12-,13+;;;/m00.../s1. The Kier molecular flexibility index (Phi) is 20.9. The molecule has 2 aliphatic heterocycles. The van der Waals surface area contributed by atoms with Crippen molar-refractivity contribution in [3.8, 4) is 11.4 Å². The average molecular weight is 852 g/mol. The normalized spacial score (nSPS) is 22.6. The molecule has 2 saturated carbocycles. The van der Waals surface area contributed by atoms with E-state index in [1.807, 2.05) is 42.6 Å². The number of nitrogens with two attached hydrogens (primary N) is 1. The summed E-state index contributed by atoms with van der Waals surface area (Å²) in [5, 5.41) is 20.3. The van der Waals surface area contributed by atoms with Crippen LogP contribution in [0.25, 0.3) is 11.4 Å². The van der Waals surface area contributed by atoms with Crippen LogP contribution in [0.2, 0.25) is 0 Å². The third-order valence-electron chi connectivity index (χ3n) is 12.4. The van der Waals surface area contributed by atoms with Gasteiger partial charge in [0.05, 0.1) is 16.9 Å². The molecule has 0 spiro atoms. The number of nitrogens with one attached hydrogen (secondary N) is 1. The molecule has 59 heavy (non-hydrogen) atoms. The molecule has 4 aromatic rings. The molecular formula is C46H68Cl2N8O3. The summed E-state index contributed by atoms with van der Waals surface area (Å²) in [5.41, 5.74) is 9.04. The van der Waals surface area contributed by atoms with Crippen molar-refractivity contribution in [2.24, 2.45) is 17.6 Å². The van der Waals surface area contributed by atoms with Gasteiger partial charge in [-0.1, -0.05) is 51.4 Å². The topological polar surface area (TPSA) is 135 Å². The number of rotatable bonds is 9. The number of aromatic nitrogens is 4. The van der Waals surface area contributed by atoms with Gasteiger partial charge in [0, 0.05) is 55.5 Å². The Bertz CT molecular complexity index is 1720. The zero-order valence-electron chi connectivity index (χ0n) is 34.8. The first-order chi connectivity index (χ1) is 27.9. The number of hydrogen-bond donors (Lipinski definition) is 3. The second kappa shape index (κ2) is 25.8. The Morgan fingerprint density at radius 2 is 1.03 bits per heavy atom. The van der Waals surface area contributed by atoms with Gasteiger partial charge in [0.15, 0.2) is 0 Å². The lowest BCUT2D eigenvalue weighted by molar-refractivity contribution is 0.0696. The summed E-state index contributed by atoms with van der Waals surface area (Å²) < 4.78 is 3.48. The molecule has 4 N–H and O–H groups in total. The second-order valence-electron chi connectivity index (χ2n) is 16.6. The van der Waals surface area contributed by atoms with Crippen LogP contribution in [0.1, 0.15) is 123 Å². The Hall–Kier alpha value is -3.74. The quantitative estimate of drug-likeness (QED) is 0.152. The van der Waals surface area contributed by atoms with Crippen molar-refractivity contribution >= 4 is 36.7 Å². The number of carboxylic acid groups (broad SMARTS) is 1. The Morgan fingerprint density at radius 3 is 1.49 bits per heavy atom. The van der Waals surface area contributed by atoms with Crippen LogP contribution in [0.4, 0.5) is 0 Å². The van der Waals surface area contributed by atoms with E-state index in [0.29, 0.717) is 18.0 Å². The van der Waals surface area contributed by atoms with Crippen LogP contribution in [-0.4, -0.2) is 97.7 Å². The number of hydrogen-bond acceptors (Lipinski definition) is 7. The third kappa shape index (κ3) is 15.3. The highest BCUT2D eigenvalue weighted by Gasteiger charge is 2.29. The van der Waals surface area contributed by atoms with E-state index in [-0.39, 0.29) is 36.3 Å². The fraction of sp³-hybridized carbons (Fsp3) is 0.565. The molecule has 0 bridgehead atoms. The lowest BCUT2D eigenvalue weighted by Gasteiger charge is -2.35. The lowest BCUT2D eigenvalue weighted by Crippen LogP contribution is -2.46. The summed E-state index contributed by atoms with van der Waals surface area (Å²) in [7, 11) is 0. The lowest BCUT2D eigenvalue weighted by atomic mass is 9.84. The Labute approximate surface area is 364 Å². The molecule has 4 heterocycles. The molecule has 0 unspecified atom stereocenters. The van der Waals surface area contributed by atoms with E-state index in [1.165, 1.54) is 129 Å². The molecule has 2 aromatic heterocycles. The highest BCUT2D eigenvalue weighted by molar-refractivity contribution is 5.94. The highest BCUT2D eigenvalue weighted by Crippen LogP contribution is 2.27. The average Bonchev–Trinajstić information content (AvgIpc) is 3.86. The summed E-state index contributed by atoms with van der Waals surface area (Å²) in [6, 6.07) is 18.8. The molecule has 2 aromatic carbocycles. The third-order valence-corrected chi connectivity index (χ3v) is 12.4. The van der Waals surface area contributed by atoms with E-state index < -0.39 is 5.97 Å². The van der Waals surface area contributed by atoms with Crippen LogP contribution in [0.3, 0.4) is 0 Å². The monoisotopic (exact) mass is 850 g/mol. The van der Waals surface area contributed by atoms with Gasteiger partial charge in [-0.2, -0.15) is 10.2 Å². The van der Waals surface area contributed by atoms with Crippen LogP contribution < -0.4 is 11.1 Å². The number of carbonyl (C=O) groups excluding carboxylic acids is 1. The SMILES string of the molecule is Cl.Cl.N[C@@H]1CCCC[C@H]1CN1CCCCCC1.O=C(N[C@@H]1CCCC[C@H]1CN1CCCCCC1)c1ccc(-n2cccn2)cc1.O=C(O)c1ccc(-n2cccn2)cc1. The minimum absolute atomic E-state index is 0. The molecular weight excluding hydrogens is 783 g/mol. The molecule has 1 amide bonds. The molecule has 4 atom stereocenters. The molecule has 2 aliphatic carbocycles. The molecule has 2 saturated heterocycles. The molecule has 4 fully saturated rings. The molecule has 11 nitrogen and oxygen atoms in total. The van der Waals surface area contributed by atoms with Crippen molar-refractivity contribution in [1.82, 2.24) is 34.7 Å². The van der Waals surface area contributed by atoms with E-state index in [1.54, 1.807) is 52.2 Å². The maximum Gasteiger partial charge on any atom is 0.335 e. The number of benzene rings is 2. The molecule has 0 radical (unpaired) electrons. The second-order valence-corrected chi connectivity index (χ2v) is 16.6. The van der Waals surface area contributed by atoms with Crippen molar-refractivity contribution < 1.29 is 14.7 Å². The van der Waals surface area contributed by atoms with Crippen molar-refractivity contribution in [2.75, 3.05) is 39.3 Å². The smallest absolute Gasteiger partial charge is 0.335 e. The van der Waals surface area contributed by atoms with Gasteiger partial charge in [-0.05, 0) is 150 Å². The van der Waals surface area contributed by atoms with Crippen molar-refractivity contribution in [1.29, 1.82) is 0 Å². The zero-order chi connectivity index (χ0) is 39.7. The Balaban J connectivity index is 0.000000210. The van der Waals surface area contributed by atoms with Gasteiger partial charge in [-0.25, -0.2) is 14.2 Å². The van der Waals surface area contributed by atoms with E-state index in [2.05, 4.69) is 25.3 Å². The summed E-state index contributed by atoms with van der Waals surface area (Å²) >= 11 is 0. The molecule has 324 valence electrons. The van der Waals surface area contributed by atoms with Gasteiger partial charge in [0.2, 0.25) is 0 Å².